The molecule has 0 saturated heterocycles. The molecule has 0 radical (unpaired) electrons. The molecule has 1 aliphatic carbocycles. The summed E-state index contributed by atoms with van der Waals surface area (Å²) in [6.45, 7) is 2.19. The van der Waals surface area contributed by atoms with E-state index in [1.54, 1.807) is 0 Å². The van der Waals surface area contributed by atoms with Crippen molar-refractivity contribution in [3.05, 3.63) is 35.7 Å². The molecule has 2 rings (SSSR count). The topological polar surface area (TPSA) is 4.93 Å². The van der Waals surface area contributed by atoms with Crippen LogP contribution in [0.3, 0.4) is 0 Å². The van der Waals surface area contributed by atoms with E-state index in [4.69, 9.17) is 0 Å². The van der Waals surface area contributed by atoms with Crippen molar-refractivity contribution in [3.63, 3.8) is 0 Å². The smallest absolute Gasteiger partial charge is 0.0474 e. The Balaban J connectivity index is 2.54. The van der Waals surface area contributed by atoms with Crippen LogP contribution in [0.2, 0.25) is 0 Å². The van der Waals surface area contributed by atoms with Crippen molar-refractivity contribution in [1.29, 1.82) is 0 Å². The zero-order valence-corrected chi connectivity index (χ0v) is 7.49. The third-order valence-corrected chi connectivity index (χ3v) is 2.29. The predicted molar refractivity (Wildman–Crippen MR) is 52.6 cm³/mol. The number of rotatable bonds is 0. The third kappa shape index (κ3) is 1.11. The summed E-state index contributed by atoms with van der Waals surface area (Å²) in [7, 11) is 2.08. The molecule has 0 spiro atoms. The minimum atomic E-state index is 0.553. The van der Waals surface area contributed by atoms with Crippen LogP contribution in [-0.4, -0.2) is 4.57 Å². The van der Waals surface area contributed by atoms with Gasteiger partial charge in [0.25, 0.3) is 0 Å². The van der Waals surface area contributed by atoms with Gasteiger partial charge in [0.1, 0.15) is 0 Å². The molecule has 1 aromatic rings. The maximum atomic E-state index is 2.22. The number of aryl methyl sites for hydroxylation is 1. The minimum Gasteiger partial charge on any atom is -0.351 e. The van der Waals surface area contributed by atoms with Crippen molar-refractivity contribution >= 4 is 12.2 Å². The van der Waals surface area contributed by atoms with E-state index >= 15 is 0 Å². The van der Waals surface area contributed by atoms with Crippen LogP contribution in [0.5, 0.6) is 0 Å². The van der Waals surface area contributed by atoms with Crippen molar-refractivity contribution in [2.45, 2.75) is 6.92 Å². The van der Waals surface area contributed by atoms with Crippen LogP contribution in [0.25, 0.3) is 12.2 Å². The fourth-order valence-corrected chi connectivity index (χ4v) is 1.48. The highest BCUT2D eigenvalue weighted by atomic mass is 14.9. The highest BCUT2D eigenvalue weighted by Gasteiger charge is 2.04. The van der Waals surface area contributed by atoms with Crippen LogP contribution in [0.4, 0.5) is 0 Å². The Bertz CT molecular complexity index is 342. The normalized spacial score (nSPS) is 20.7. The lowest BCUT2D eigenvalue weighted by molar-refractivity contribution is 0.910. The van der Waals surface area contributed by atoms with E-state index in [2.05, 4.69) is 55.1 Å². The van der Waals surface area contributed by atoms with Crippen LogP contribution in [0, 0.1) is 5.92 Å². The van der Waals surface area contributed by atoms with Gasteiger partial charge in [0, 0.05) is 18.9 Å². The molecule has 0 amide bonds. The lowest BCUT2D eigenvalue weighted by Gasteiger charge is -1.96. The molecule has 1 atom stereocenters. The maximum absolute atomic E-state index is 2.22. The Kier molecular flexibility index (Phi) is 1.65. The fourth-order valence-electron chi connectivity index (χ4n) is 1.48. The summed E-state index contributed by atoms with van der Waals surface area (Å²) < 4.78 is 2.15. The Labute approximate surface area is 73.0 Å². The van der Waals surface area contributed by atoms with Gasteiger partial charge in [-0.3, -0.25) is 0 Å². The van der Waals surface area contributed by atoms with Gasteiger partial charge in [-0.15, -0.1) is 0 Å². The lowest BCUT2D eigenvalue weighted by atomic mass is 10.1. The predicted octanol–water partition coefficient (Wildman–Crippen LogP) is 2.70. The fraction of sp³-hybridized carbons (Fsp3) is 0.273. The number of nitrogens with zero attached hydrogens (tertiary/aromatic N) is 1. The average molecular weight is 159 g/mol. The van der Waals surface area contributed by atoms with E-state index in [0.29, 0.717) is 5.92 Å². The molecule has 1 heteroatoms. The summed E-state index contributed by atoms with van der Waals surface area (Å²) in [6, 6.07) is 2.15. The molecular formula is C11H13N. The monoisotopic (exact) mass is 159 g/mol. The molecule has 62 valence electrons. The Morgan fingerprint density at radius 3 is 2.83 bits per heavy atom. The quantitative estimate of drug-likeness (QED) is 0.548. The van der Waals surface area contributed by atoms with E-state index in [0.717, 1.165) is 0 Å². The number of aromatic nitrogens is 1. The second-order valence-corrected chi connectivity index (χ2v) is 3.34. The van der Waals surface area contributed by atoms with Gasteiger partial charge in [-0.05, 0) is 23.6 Å². The standard InChI is InChI=1S/C11H13N/c1-9-3-5-10-7-8-12(2)11(10)6-4-9/h3-9H,1-2H3. The van der Waals surface area contributed by atoms with Gasteiger partial charge in [-0.2, -0.15) is 0 Å². The summed E-state index contributed by atoms with van der Waals surface area (Å²) in [6.07, 6.45) is 10.9. The molecule has 0 bridgehead atoms. The van der Waals surface area contributed by atoms with Crippen LogP contribution in [0.15, 0.2) is 24.4 Å². The number of hydrogen-bond donors (Lipinski definition) is 0. The molecule has 1 nitrogen and oxygen atoms in total. The third-order valence-electron chi connectivity index (χ3n) is 2.29. The molecule has 12 heavy (non-hydrogen) atoms. The van der Waals surface area contributed by atoms with Crippen molar-refractivity contribution < 1.29 is 0 Å². The molecule has 0 aliphatic heterocycles. The van der Waals surface area contributed by atoms with E-state index < -0.39 is 0 Å². The first-order valence-corrected chi connectivity index (χ1v) is 4.29. The van der Waals surface area contributed by atoms with Crippen LogP contribution in [0.1, 0.15) is 18.2 Å². The first-order chi connectivity index (χ1) is 5.77. The first-order valence-electron chi connectivity index (χ1n) is 4.29. The lowest BCUT2D eigenvalue weighted by Crippen LogP contribution is -1.88. The Morgan fingerprint density at radius 1 is 1.25 bits per heavy atom. The van der Waals surface area contributed by atoms with Gasteiger partial charge >= 0.3 is 0 Å². The second-order valence-electron chi connectivity index (χ2n) is 3.34. The Hall–Kier alpha value is -1.24. The van der Waals surface area contributed by atoms with Crippen molar-refractivity contribution in [1.82, 2.24) is 4.57 Å². The number of fused-ring (bicyclic) bond motifs is 1. The van der Waals surface area contributed by atoms with Gasteiger partial charge in [0.05, 0.1) is 0 Å². The molecule has 1 aliphatic rings. The van der Waals surface area contributed by atoms with Gasteiger partial charge in [-0.1, -0.05) is 25.2 Å². The van der Waals surface area contributed by atoms with E-state index in [9.17, 15) is 0 Å². The number of allylic oxidation sites excluding steroid dienone is 2. The van der Waals surface area contributed by atoms with E-state index in [-0.39, 0.29) is 0 Å². The summed E-state index contributed by atoms with van der Waals surface area (Å²) in [5.74, 6) is 0.553. The van der Waals surface area contributed by atoms with Crippen LogP contribution >= 0.6 is 0 Å². The molecule has 0 fully saturated rings. The molecule has 1 heterocycles. The molecule has 1 aromatic heterocycles. The Morgan fingerprint density at radius 2 is 2.00 bits per heavy atom. The number of hydrogen-bond acceptors (Lipinski definition) is 0. The minimum absolute atomic E-state index is 0.553. The molecule has 0 saturated carbocycles. The van der Waals surface area contributed by atoms with Gasteiger partial charge in [-0.25, -0.2) is 0 Å². The first kappa shape index (κ1) is 7.41. The highest BCUT2D eigenvalue weighted by Crippen LogP contribution is 2.19. The van der Waals surface area contributed by atoms with Crippen LogP contribution < -0.4 is 0 Å². The van der Waals surface area contributed by atoms with Gasteiger partial charge < -0.3 is 4.57 Å². The maximum Gasteiger partial charge on any atom is 0.0474 e. The van der Waals surface area contributed by atoms with Crippen molar-refractivity contribution in [2.24, 2.45) is 13.0 Å². The zero-order valence-electron chi connectivity index (χ0n) is 7.49. The van der Waals surface area contributed by atoms with E-state index in [1.165, 1.54) is 11.3 Å². The van der Waals surface area contributed by atoms with Crippen molar-refractivity contribution in [3.8, 4) is 0 Å². The summed E-state index contributed by atoms with van der Waals surface area (Å²) >= 11 is 0. The van der Waals surface area contributed by atoms with Crippen molar-refractivity contribution in [2.75, 3.05) is 0 Å². The zero-order chi connectivity index (χ0) is 8.55. The summed E-state index contributed by atoms with van der Waals surface area (Å²) in [5, 5.41) is 0. The largest absolute Gasteiger partial charge is 0.351 e. The molecule has 1 unspecified atom stereocenters. The molecule has 0 N–H and O–H groups in total. The second kappa shape index (κ2) is 2.67. The molecular weight excluding hydrogens is 146 g/mol. The summed E-state index contributed by atoms with van der Waals surface area (Å²) in [5.41, 5.74) is 2.62. The van der Waals surface area contributed by atoms with Gasteiger partial charge in [0.2, 0.25) is 0 Å². The van der Waals surface area contributed by atoms with Gasteiger partial charge in [0.15, 0.2) is 0 Å². The van der Waals surface area contributed by atoms with E-state index in [1.807, 2.05) is 0 Å². The SMILES string of the molecule is CC1C=Cc2ccn(C)c2C=C1. The highest BCUT2D eigenvalue weighted by molar-refractivity contribution is 5.65. The summed E-state index contributed by atoms with van der Waals surface area (Å²) in [4.78, 5) is 0. The average Bonchev–Trinajstić information content (AvgIpc) is 2.28. The van der Waals surface area contributed by atoms with Crippen LogP contribution in [-0.2, 0) is 7.05 Å². The molecule has 0 aromatic carbocycles.